The number of nitrogens with zero attached hydrogens (tertiary/aromatic N) is 1. The Morgan fingerprint density at radius 1 is 1.45 bits per heavy atom. The number of rotatable bonds is 0. The van der Waals surface area contributed by atoms with Gasteiger partial charge in [-0.2, -0.15) is 0 Å². The zero-order valence-corrected chi connectivity index (χ0v) is 7.14. The molecule has 0 unspecified atom stereocenters. The summed E-state index contributed by atoms with van der Waals surface area (Å²) in [5, 5.41) is 0. The van der Waals surface area contributed by atoms with Crippen molar-refractivity contribution in [1.82, 2.24) is 4.98 Å². The predicted molar refractivity (Wildman–Crippen MR) is 50.6 cm³/mol. The zero-order chi connectivity index (χ0) is 16.0. The second-order valence-electron chi connectivity index (χ2n) is 2.11. The maximum Gasteiger partial charge on any atom is 0.0457 e. The van der Waals surface area contributed by atoms with Crippen molar-refractivity contribution < 1.29 is 12.3 Å². The van der Waals surface area contributed by atoms with E-state index >= 15 is 0 Å². The Kier molecular flexibility index (Phi) is 0.683. The number of pyridine rings is 1. The van der Waals surface area contributed by atoms with Crippen molar-refractivity contribution in [2.24, 2.45) is 0 Å². The van der Waals surface area contributed by atoms with Crippen LogP contribution in [0.25, 0.3) is 0 Å². The van der Waals surface area contributed by atoms with Gasteiger partial charge in [-0.25, -0.2) is 0 Å². The van der Waals surface area contributed by atoms with Crippen LogP contribution in [-0.2, 0) is 5.41 Å². The molecule has 0 spiro atoms. The molecule has 0 fully saturated rings. The maximum atomic E-state index is 7.50. The van der Waals surface area contributed by atoms with Crippen LogP contribution in [0.5, 0.6) is 0 Å². The van der Waals surface area contributed by atoms with Crippen LogP contribution in [0.15, 0.2) is 22.8 Å². The molecule has 0 atom stereocenters. The molecule has 0 aliphatic rings. The normalized spacial score (nSPS) is 27.2. The summed E-state index contributed by atoms with van der Waals surface area (Å²) >= 11 is 3.08. The van der Waals surface area contributed by atoms with E-state index in [1.54, 1.807) is 0 Å². The van der Waals surface area contributed by atoms with E-state index in [4.69, 9.17) is 12.3 Å². The Morgan fingerprint density at radius 2 is 2.18 bits per heavy atom. The molecule has 1 aromatic heterocycles. The first-order valence-corrected chi connectivity index (χ1v) is 3.66. The molecule has 60 valence electrons. The minimum absolute atomic E-state index is 0.483. The van der Waals surface area contributed by atoms with Crippen LogP contribution in [0.1, 0.15) is 38.6 Å². The van der Waals surface area contributed by atoms with Gasteiger partial charge in [0.1, 0.15) is 0 Å². The number of aromatic nitrogens is 1. The van der Waals surface area contributed by atoms with Gasteiger partial charge < -0.3 is 0 Å². The first-order chi connectivity index (χ1) is 8.75. The first kappa shape index (κ1) is 2.56. The highest BCUT2D eigenvalue weighted by atomic mass is 79.9. The molecule has 11 heavy (non-hydrogen) atoms. The molecule has 0 saturated heterocycles. The molecule has 2 heteroatoms. The smallest absolute Gasteiger partial charge is 0.0457 e. The van der Waals surface area contributed by atoms with Gasteiger partial charge in [-0.15, -0.1) is 0 Å². The molecule has 0 bridgehead atoms. The van der Waals surface area contributed by atoms with Gasteiger partial charge in [-0.1, -0.05) is 20.6 Å². The molecular formula is C9H12BrN. The highest BCUT2D eigenvalue weighted by Crippen LogP contribution is 2.20. The number of hydrogen-bond acceptors (Lipinski definition) is 1. The Bertz CT molecular complexity index is 434. The van der Waals surface area contributed by atoms with E-state index in [9.17, 15) is 0 Å². The van der Waals surface area contributed by atoms with Gasteiger partial charge in [0.15, 0.2) is 0 Å². The monoisotopic (exact) mass is 222 g/mol. The fraction of sp³-hybridized carbons (Fsp3) is 0.444. The molecule has 1 nitrogen and oxygen atoms in total. The lowest BCUT2D eigenvalue weighted by Crippen LogP contribution is -2.12. The molecule has 0 N–H and O–H groups in total. The van der Waals surface area contributed by atoms with Gasteiger partial charge in [0.2, 0.25) is 0 Å². The maximum absolute atomic E-state index is 7.50. The molecule has 0 aliphatic carbocycles. The van der Waals surface area contributed by atoms with E-state index in [0.29, 0.717) is 4.47 Å². The summed E-state index contributed by atoms with van der Waals surface area (Å²) in [4.78, 5) is 3.72. The molecule has 0 aliphatic heterocycles. The summed E-state index contributed by atoms with van der Waals surface area (Å²) in [5.74, 6) is 0. The molecule has 1 heterocycles. The average Bonchev–Trinajstić information content (AvgIpc) is 2.14. The van der Waals surface area contributed by atoms with Crippen LogP contribution < -0.4 is 0 Å². The SMILES string of the molecule is [2H]C([2H])([2H])C(c1ccc(Br)cn1)(C([2H])([2H])[2H])C([2H])([2H])[2H]. The van der Waals surface area contributed by atoms with E-state index in [2.05, 4.69) is 20.9 Å². The van der Waals surface area contributed by atoms with E-state index < -0.39 is 31.7 Å². The van der Waals surface area contributed by atoms with Gasteiger partial charge in [-0.3, -0.25) is 4.98 Å². The topological polar surface area (TPSA) is 12.9 Å². The summed E-state index contributed by atoms with van der Waals surface area (Å²) in [6.07, 6.45) is 1.17. The molecule has 0 saturated carbocycles. The molecule has 0 radical (unpaired) electrons. The molecule has 0 amide bonds. The Balaban J connectivity index is 3.77. The fourth-order valence-electron chi connectivity index (χ4n) is 0.598. The van der Waals surface area contributed by atoms with Crippen LogP contribution in [0.2, 0.25) is 0 Å². The Labute approximate surface area is 88.6 Å². The lowest BCUT2D eigenvalue weighted by atomic mass is 9.92. The zero-order valence-electron chi connectivity index (χ0n) is 14.6. The van der Waals surface area contributed by atoms with Crippen molar-refractivity contribution in [2.45, 2.75) is 26.0 Å². The van der Waals surface area contributed by atoms with Crippen molar-refractivity contribution in [3.63, 3.8) is 0 Å². The van der Waals surface area contributed by atoms with Gasteiger partial charge in [0.05, 0.1) is 0 Å². The lowest BCUT2D eigenvalue weighted by Gasteiger charge is -2.16. The number of halogens is 1. The quantitative estimate of drug-likeness (QED) is 0.658. The van der Waals surface area contributed by atoms with Gasteiger partial charge in [0, 0.05) is 34.1 Å². The van der Waals surface area contributed by atoms with Crippen LogP contribution in [0.4, 0.5) is 0 Å². The van der Waals surface area contributed by atoms with E-state index in [1.165, 1.54) is 12.3 Å². The van der Waals surface area contributed by atoms with Crippen molar-refractivity contribution in [3.8, 4) is 0 Å². The van der Waals surface area contributed by atoms with Crippen LogP contribution >= 0.6 is 15.9 Å². The van der Waals surface area contributed by atoms with E-state index in [-0.39, 0.29) is 0 Å². The van der Waals surface area contributed by atoms with Crippen LogP contribution in [-0.4, -0.2) is 4.98 Å². The summed E-state index contributed by atoms with van der Waals surface area (Å²) in [6.45, 7) is -9.82. The summed E-state index contributed by atoms with van der Waals surface area (Å²) in [5.41, 5.74) is -3.53. The molecule has 1 aromatic rings. The second-order valence-corrected chi connectivity index (χ2v) is 3.03. The van der Waals surface area contributed by atoms with E-state index in [0.717, 1.165) is 6.07 Å². The molecule has 0 aromatic carbocycles. The minimum atomic E-state index is -3.27. The minimum Gasteiger partial charge on any atom is -0.260 e. The average molecular weight is 223 g/mol. The van der Waals surface area contributed by atoms with Crippen LogP contribution in [0, 0.1) is 0 Å². The van der Waals surface area contributed by atoms with Crippen molar-refractivity contribution >= 4 is 15.9 Å². The first-order valence-electron chi connectivity index (χ1n) is 7.37. The van der Waals surface area contributed by atoms with Crippen molar-refractivity contribution in [1.29, 1.82) is 0 Å². The molecule has 1 rings (SSSR count). The Hall–Kier alpha value is -0.370. The molecular weight excluding hydrogens is 202 g/mol. The van der Waals surface area contributed by atoms with Gasteiger partial charge in [-0.05, 0) is 28.1 Å². The van der Waals surface area contributed by atoms with Gasteiger partial charge in [0.25, 0.3) is 0 Å². The highest BCUT2D eigenvalue weighted by Gasteiger charge is 2.13. The summed E-state index contributed by atoms with van der Waals surface area (Å²) in [6, 6.07) is 2.47. The third-order valence-corrected chi connectivity index (χ3v) is 1.58. The van der Waals surface area contributed by atoms with Crippen molar-refractivity contribution in [3.05, 3.63) is 28.5 Å². The lowest BCUT2D eigenvalue weighted by molar-refractivity contribution is 0.568. The summed E-state index contributed by atoms with van der Waals surface area (Å²) < 4.78 is 68.0. The fourth-order valence-corrected chi connectivity index (χ4v) is 0.832. The Morgan fingerprint density at radius 3 is 2.64 bits per heavy atom. The second kappa shape index (κ2) is 2.94. The van der Waals surface area contributed by atoms with Crippen LogP contribution in [0.3, 0.4) is 0 Å². The third-order valence-electron chi connectivity index (χ3n) is 1.11. The third kappa shape index (κ3) is 2.29. The predicted octanol–water partition coefficient (Wildman–Crippen LogP) is 3.14. The largest absolute Gasteiger partial charge is 0.260 e. The summed E-state index contributed by atoms with van der Waals surface area (Å²) in [7, 11) is 0. The standard InChI is InChI=1S/C9H12BrN/c1-9(2,3)8-5-4-7(10)6-11-8/h4-6H,1-3H3/i1D3,2D3,3D3. The van der Waals surface area contributed by atoms with E-state index in [1.807, 2.05) is 0 Å². The van der Waals surface area contributed by atoms with Crippen molar-refractivity contribution in [2.75, 3.05) is 0 Å². The highest BCUT2D eigenvalue weighted by molar-refractivity contribution is 9.10. The number of hydrogen-bond donors (Lipinski definition) is 0. The van der Waals surface area contributed by atoms with Gasteiger partial charge >= 0.3 is 0 Å².